The first kappa shape index (κ1) is 23.8. The van der Waals surface area contributed by atoms with Crippen LogP contribution in [0.15, 0.2) is 76.7 Å². The summed E-state index contributed by atoms with van der Waals surface area (Å²) in [6, 6.07) is 13.3. The molecule has 4 rings (SSSR count). The van der Waals surface area contributed by atoms with Gasteiger partial charge in [0.1, 0.15) is 11.4 Å². The van der Waals surface area contributed by atoms with Crippen LogP contribution in [-0.4, -0.2) is 36.5 Å². The molecule has 0 spiro atoms. The van der Waals surface area contributed by atoms with E-state index in [2.05, 4.69) is 4.98 Å². The Morgan fingerprint density at radius 3 is 2.38 bits per heavy atom. The van der Waals surface area contributed by atoms with Crippen LogP contribution in [0.5, 0.6) is 5.75 Å². The molecule has 0 saturated heterocycles. The van der Waals surface area contributed by atoms with Gasteiger partial charge >= 0.3 is 6.18 Å². The minimum Gasteiger partial charge on any atom is -0.495 e. The van der Waals surface area contributed by atoms with Crippen molar-refractivity contribution in [3.8, 4) is 5.75 Å². The van der Waals surface area contributed by atoms with Crippen LogP contribution < -0.4 is 4.74 Å². The highest BCUT2D eigenvalue weighted by Crippen LogP contribution is 2.37. The number of thioether (sulfide) groups is 1. The smallest absolute Gasteiger partial charge is 0.417 e. The molecule has 6 nitrogen and oxygen atoms in total. The summed E-state index contributed by atoms with van der Waals surface area (Å²) in [6.07, 6.45) is -1.90. The summed E-state index contributed by atoms with van der Waals surface area (Å²) in [5.41, 5.74) is -1.67. The zero-order valence-electron chi connectivity index (χ0n) is 17.8. The lowest BCUT2D eigenvalue weighted by molar-refractivity contribution is -0.139. The number of nitrogens with zero attached hydrogens (tertiary/aromatic N) is 2. The van der Waals surface area contributed by atoms with Crippen molar-refractivity contribution in [1.29, 1.82) is 0 Å². The largest absolute Gasteiger partial charge is 0.495 e. The van der Waals surface area contributed by atoms with E-state index in [0.29, 0.717) is 5.75 Å². The molecule has 4 aromatic rings. The Bertz CT molecular complexity index is 1500. The van der Waals surface area contributed by atoms with Gasteiger partial charge in [0.2, 0.25) is 5.78 Å². The molecule has 176 valence electrons. The third kappa shape index (κ3) is 4.16. The fraction of sp³-hybridized carbons (Fsp3) is 0.130. The number of benzene rings is 2. The first-order chi connectivity index (χ1) is 16.1. The van der Waals surface area contributed by atoms with Gasteiger partial charge in [0.05, 0.1) is 23.8 Å². The third-order valence-corrected chi connectivity index (χ3v) is 7.60. The number of rotatable bonds is 6. The fourth-order valence-corrected chi connectivity index (χ4v) is 5.56. The second-order valence-corrected chi connectivity index (χ2v) is 9.78. The molecule has 2 aromatic carbocycles. The first-order valence-electron chi connectivity index (χ1n) is 9.74. The summed E-state index contributed by atoms with van der Waals surface area (Å²) in [5.74, 6) is -0.570. The number of hydrogen-bond acceptors (Lipinski definition) is 6. The quantitative estimate of drug-likeness (QED) is 0.263. The summed E-state index contributed by atoms with van der Waals surface area (Å²) in [6.45, 7) is 0. The van der Waals surface area contributed by atoms with E-state index >= 15 is 0 Å². The lowest BCUT2D eigenvalue weighted by atomic mass is 10.0. The number of ketones is 1. The molecule has 0 atom stereocenters. The van der Waals surface area contributed by atoms with Gasteiger partial charge in [-0.05, 0) is 48.7 Å². The number of halogens is 3. The summed E-state index contributed by atoms with van der Waals surface area (Å²) in [5, 5.41) is 0.277. The second-order valence-electron chi connectivity index (χ2n) is 7.14. The molecule has 2 aromatic heterocycles. The van der Waals surface area contributed by atoms with Crippen molar-refractivity contribution < 1.29 is 31.1 Å². The summed E-state index contributed by atoms with van der Waals surface area (Å²) in [4.78, 5) is 17.4. The summed E-state index contributed by atoms with van der Waals surface area (Å²) < 4.78 is 73.6. The molecular weight excluding hydrogens is 489 g/mol. The monoisotopic (exact) mass is 506 g/mol. The molecule has 0 aliphatic heterocycles. The molecular formula is C23H17F3N2O4S2. The highest BCUT2D eigenvalue weighted by atomic mass is 32.2. The number of methoxy groups -OCH3 is 1. The number of pyridine rings is 1. The maximum Gasteiger partial charge on any atom is 0.417 e. The Hall–Kier alpha value is -3.31. The molecule has 11 heteroatoms. The van der Waals surface area contributed by atoms with Crippen LogP contribution in [-0.2, 0) is 16.2 Å². The third-order valence-electron chi connectivity index (χ3n) is 5.09. The second kappa shape index (κ2) is 8.80. The molecule has 0 aliphatic rings. The Kier molecular flexibility index (Phi) is 6.17. The number of hydrogen-bond donors (Lipinski definition) is 0. The minimum atomic E-state index is -4.69. The Morgan fingerprint density at radius 2 is 1.76 bits per heavy atom. The van der Waals surface area contributed by atoms with Crippen molar-refractivity contribution >= 4 is 38.6 Å². The summed E-state index contributed by atoms with van der Waals surface area (Å²) in [7, 11) is -2.91. The lowest BCUT2D eigenvalue weighted by Gasteiger charge is -2.14. The number of ether oxygens (including phenoxy) is 1. The van der Waals surface area contributed by atoms with Gasteiger partial charge in [0, 0.05) is 15.8 Å². The predicted octanol–water partition coefficient (Wildman–Crippen LogP) is 5.25. The lowest BCUT2D eigenvalue weighted by Crippen LogP contribution is -2.20. The zero-order chi connectivity index (χ0) is 24.7. The molecule has 0 amide bonds. The van der Waals surface area contributed by atoms with Gasteiger partial charge in [-0.25, -0.2) is 17.4 Å². The van der Waals surface area contributed by atoms with E-state index in [0.717, 1.165) is 21.8 Å². The topological polar surface area (TPSA) is 78.3 Å². The predicted molar refractivity (Wildman–Crippen MR) is 122 cm³/mol. The van der Waals surface area contributed by atoms with Crippen molar-refractivity contribution in [3.63, 3.8) is 0 Å². The SMILES string of the molecule is COc1cnc2c(c1)cc(C(=O)c1ccc(SC)c(C(F)(F)F)c1)n2S(=O)(=O)c1ccccc1. The van der Waals surface area contributed by atoms with Crippen LogP contribution in [0.1, 0.15) is 21.6 Å². The van der Waals surface area contributed by atoms with Crippen LogP contribution >= 0.6 is 11.8 Å². The van der Waals surface area contributed by atoms with E-state index in [1.54, 1.807) is 6.07 Å². The van der Waals surface area contributed by atoms with E-state index in [1.165, 1.54) is 68.1 Å². The van der Waals surface area contributed by atoms with E-state index in [1.807, 2.05) is 0 Å². The minimum absolute atomic E-state index is 0.0482. The fourth-order valence-electron chi connectivity index (χ4n) is 3.48. The van der Waals surface area contributed by atoms with Gasteiger partial charge in [0.25, 0.3) is 10.0 Å². The van der Waals surface area contributed by atoms with Crippen LogP contribution in [0.2, 0.25) is 0 Å². The van der Waals surface area contributed by atoms with E-state index in [-0.39, 0.29) is 32.1 Å². The maximum absolute atomic E-state index is 13.6. The highest BCUT2D eigenvalue weighted by Gasteiger charge is 2.35. The molecule has 0 bridgehead atoms. The average Bonchev–Trinajstić information content (AvgIpc) is 3.22. The standard InChI is InChI=1S/C23H17F3N2O4S2/c1-32-16-10-15-12-19(21(29)14-8-9-20(33-2)18(11-14)23(24,25)26)28(22(15)27-13-16)34(30,31)17-6-4-3-5-7-17/h3-13H,1-2H3. The van der Waals surface area contributed by atoms with Crippen molar-refractivity contribution in [1.82, 2.24) is 8.96 Å². The summed E-state index contributed by atoms with van der Waals surface area (Å²) >= 11 is 0.895. The molecule has 0 radical (unpaired) electrons. The molecule has 0 unspecified atom stereocenters. The van der Waals surface area contributed by atoms with Gasteiger partial charge in [-0.2, -0.15) is 13.2 Å². The van der Waals surface area contributed by atoms with E-state index < -0.39 is 27.5 Å². The van der Waals surface area contributed by atoms with Gasteiger partial charge in [-0.15, -0.1) is 11.8 Å². The van der Waals surface area contributed by atoms with Gasteiger partial charge in [-0.1, -0.05) is 18.2 Å². The number of carbonyl (C=O) groups is 1. The van der Waals surface area contributed by atoms with Crippen LogP contribution in [0.25, 0.3) is 11.0 Å². The highest BCUT2D eigenvalue weighted by molar-refractivity contribution is 7.98. The van der Waals surface area contributed by atoms with E-state index in [9.17, 15) is 26.4 Å². The molecule has 0 fully saturated rings. The molecule has 2 heterocycles. The van der Waals surface area contributed by atoms with Crippen LogP contribution in [0.3, 0.4) is 0 Å². The Labute approximate surface area is 197 Å². The number of alkyl halides is 3. The van der Waals surface area contributed by atoms with Crippen LogP contribution in [0.4, 0.5) is 13.2 Å². The maximum atomic E-state index is 13.6. The van der Waals surface area contributed by atoms with Crippen molar-refractivity contribution in [2.45, 2.75) is 16.0 Å². The van der Waals surface area contributed by atoms with E-state index in [4.69, 9.17) is 4.74 Å². The zero-order valence-corrected chi connectivity index (χ0v) is 19.5. The molecule has 34 heavy (non-hydrogen) atoms. The van der Waals surface area contributed by atoms with Crippen molar-refractivity contribution in [2.24, 2.45) is 0 Å². The van der Waals surface area contributed by atoms with Gasteiger partial charge in [-0.3, -0.25) is 4.79 Å². The number of fused-ring (bicyclic) bond motifs is 1. The number of aromatic nitrogens is 2. The molecule has 0 N–H and O–H groups in total. The van der Waals surface area contributed by atoms with Gasteiger partial charge < -0.3 is 4.74 Å². The van der Waals surface area contributed by atoms with Crippen LogP contribution in [0, 0.1) is 0 Å². The Morgan fingerprint density at radius 1 is 1.06 bits per heavy atom. The van der Waals surface area contributed by atoms with Crippen molar-refractivity contribution in [3.05, 3.63) is 83.7 Å². The molecule has 0 aliphatic carbocycles. The first-order valence-corrected chi connectivity index (χ1v) is 12.4. The van der Waals surface area contributed by atoms with Gasteiger partial charge in [0.15, 0.2) is 5.65 Å². The average molecular weight is 507 g/mol. The Balaban J connectivity index is 1.98. The number of carbonyl (C=O) groups excluding carboxylic acids is 1. The molecule has 0 saturated carbocycles. The van der Waals surface area contributed by atoms with Crippen molar-refractivity contribution in [2.75, 3.05) is 13.4 Å². The normalized spacial score (nSPS) is 12.1.